The van der Waals surface area contributed by atoms with Crippen molar-refractivity contribution in [3.05, 3.63) is 12.2 Å². The fraction of sp³-hybridized carbons (Fsp3) is 0.583. The lowest BCUT2D eigenvalue weighted by atomic mass is 10.1. The van der Waals surface area contributed by atoms with Crippen LogP contribution in [0.5, 0.6) is 0 Å². The van der Waals surface area contributed by atoms with Gasteiger partial charge < -0.3 is 19.5 Å². The maximum absolute atomic E-state index is 11.6. The molecule has 1 aliphatic rings. The van der Waals surface area contributed by atoms with Crippen molar-refractivity contribution in [2.45, 2.75) is 6.42 Å². The average Bonchev–Trinajstić information content (AvgIpc) is 2.72. The molecule has 0 spiro atoms. The smallest absolute Gasteiger partial charge is 0.331 e. The number of carboxylic acid groups (broad SMARTS) is 1. The highest BCUT2D eigenvalue weighted by atomic mass is 16.5. The highest BCUT2D eigenvalue weighted by Crippen LogP contribution is 2.17. The van der Waals surface area contributed by atoms with Crippen molar-refractivity contribution in [1.82, 2.24) is 4.90 Å². The number of rotatable bonds is 7. The zero-order valence-corrected chi connectivity index (χ0v) is 10.7. The van der Waals surface area contributed by atoms with Crippen molar-refractivity contribution in [3.63, 3.8) is 0 Å². The number of hydrogen-bond acceptors (Lipinski definition) is 5. The number of amides is 1. The van der Waals surface area contributed by atoms with Gasteiger partial charge in [0.1, 0.15) is 0 Å². The third kappa shape index (κ3) is 5.52. The molecule has 0 radical (unpaired) electrons. The molecule has 1 heterocycles. The van der Waals surface area contributed by atoms with Crippen LogP contribution in [0.4, 0.5) is 0 Å². The van der Waals surface area contributed by atoms with Crippen LogP contribution in [0.1, 0.15) is 6.42 Å². The summed E-state index contributed by atoms with van der Waals surface area (Å²) in [6.07, 6.45) is 1.90. The molecule has 7 nitrogen and oxygen atoms in total. The molecular weight excluding hydrogens is 254 g/mol. The van der Waals surface area contributed by atoms with Crippen molar-refractivity contribution in [2.75, 3.05) is 33.4 Å². The van der Waals surface area contributed by atoms with Gasteiger partial charge in [0.15, 0.2) is 0 Å². The molecule has 1 fully saturated rings. The number of likely N-dealkylation sites (tertiary alicyclic amines) is 1. The third-order valence-electron chi connectivity index (χ3n) is 2.68. The number of nitrogens with zero attached hydrogens (tertiary/aromatic N) is 1. The maximum atomic E-state index is 11.6. The van der Waals surface area contributed by atoms with Crippen LogP contribution in [-0.4, -0.2) is 61.3 Å². The van der Waals surface area contributed by atoms with Gasteiger partial charge in [0.25, 0.3) is 0 Å². The number of esters is 1. The van der Waals surface area contributed by atoms with E-state index in [0.29, 0.717) is 32.2 Å². The second kappa shape index (κ2) is 7.52. The molecule has 0 aromatic heterocycles. The van der Waals surface area contributed by atoms with Crippen LogP contribution in [0.2, 0.25) is 0 Å². The van der Waals surface area contributed by atoms with Gasteiger partial charge in [-0.1, -0.05) is 0 Å². The first-order chi connectivity index (χ1) is 9.02. The number of ether oxygens (including phenoxy) is 2. The minimum Gasteiger partial charge on any atom is -0.478 e. The largest absolute Gasteiger partial charge is 0.478 e. The van der Waals surface area contributed by atoms with E-state index in [1.807, 2.05) is 0 Å². The Balaban J connectivity index is 2.29. The van der Waals surface area contributed by atoms with E-state index < -0.39 is 11.9 Å². The molecule has 0 aliphatic carbocycles. The molecule has 0 saturated carbocycles. The summed E-state index contributed by atoms with van der Waals surface area (Å²) in [6, 6.07) is 0. The van der Waals surface area contributed by atoms with E-state index in [4.69, 9.17) is 14.6 Å². The molecule has 106 valence electrons. The molecule has 19 heavy (non-hydrogen) atoms. The van der Waals surface area contributed by atoms with Gasteiger partial charge in [-0.25, -0.2) is 9.59 Å². The molecule has 1 aliphatic heterocycles. The van der Waals surface area contributed by atoms with E-state index in [0.717, 1.165) is 6.08 Å². The number of carboxylic acids is 1. The van der Waals surface area contributed by atoms with Crippen LogP contribution in [0.15, 0.2) is 12.2 Å². The fourth-order valence-electron chi connectivity index (χ4n) is 1.77. The second-order valence-corrected chi connectivity index (χ2v) is 4.20. The van der Waals surface area contributed by atoms with E-state index in [1.54, 1.807) is 12.0 Å². The first kappa shape index (κ1) is 15.2. The van der Waals surface area contributed by atoms with Gasteiger partial charge in [-0.15, -0.1) is 0 Å². The van der Waals surface area contributed by atoms with Crippen LogP contribution in [0.3, 0.4) is 0 Å². The summed E-state index contributed by atoms with van der Waals surface area (Å²) in [5, 5.41) is 8.34. The van der Waals surface area contributed by atoms with Crippen molar-refractivity contribution in [3.8, 4) is 0 Å². The van der Waals surface area contributed by atoms with E-state index in [1.165, 1.54) is 0 Å². The summed E-state index contributed by atoms with van der Waals surface area (Å²) >= 11 is 0. The lowest BCUT2D eigenvalue weighted by molar-refractivity contribution is -0.140. The number of methoxy groups -OCH3 is 1. The molecule has 1 unspecified atom stereocenters. The molecule has 0 aromatic carbocycles. The summed E-state index contributed by atoms with van der Waals surface area (Å²) in [5.74, 6) is -1.96. The van der Waals surface area contributed by atoms with E-state index in [-0.39, 0.29) is 18.4 Å². The highest BCUT2D eigenvalue weighted by Gasteiger charge is 2.29. The van der Waals surface area contributed by atoms with Crippen LogP contribution in [0.25, 0.3) is 0 Å². The minimum atomic E-state index is -1.21. The second-order valence-electron chi connectivity index (χ2n) is 4.20. The van der Waals surface area contributed by atoms with E-state index >= 15 is 0 Å². The van der Waals surface area contributed by atoms with Crippen LogP contribution in [-0.2, 0) is 23.9 Å². The summed E-state index contributed by atoms with van der Waals surface area (Å²) in [7, 11) is 1.56. The fourth-order valence-corrected chi connectivity index (χ4v) is 1.77. The van der Waals surface area contributed by atoms with Crippen LogP contribution < -0.4 is 0 Å². The molecule has 1 atom stereocenters. The molecular formula is C12H17NO6. The number of hydrogen-bond donors (Lipinski definition) is 1. The Morgan fingerprint density at radius 2 is 2.21 bits per heavy atom. The normalized spacial score (nSPS) is 19.1. The van der Waals surface area contributed by atoms with Gasteiger partial charge in [-0.2, -0.15) is 0 Å². The monoisotopic (exact) mass is 271 g/mol. The lowest BCUT2D eigenvalue weighted by Gasteiger charge is -2.15. The summed E-state index contributed by atoms with van der Waals surface area (Å²) in [4.78, 5) is 34.6. The van der Waals surface area contributed by atoms with Crippen molar-refractivity contribution in [2.24, 2.45) is 5.92 Å². The topological polar surface area (TPSA) is 93.1 Å². The molecule has 1 saturated heterocycles. The number of aliphatic carboxylic acids is 1. The Bertz CT molecular complexity index is 378. The quantitative estimate of drug-likeness (QED) is 0.503. The SMILES string of the molecule is COCCN1CC(COC(=O)/C=C/C(=O)O)CC1=O. The first-order valence-corrected chi connectivity index (χ1v) is 5.87. The van der Waals surface area contributed by atoms with Gasteiger partial charge in [-0.05, 0) is 0 Å². The number of carbonyl (C=O) groups is 3. The average molecular weight is 271 g/mol. The van der Waals surface area contributed by atoms with E-state index in [2.05, 4.69) is 0 Å². The van der Waals surface area contributed by atoms with E-state index in [9.17, 15) is 14.4 Å². The van der Waals surface area contributed by atoms with Crippen LogP contribution >= 0.6 is 0 Å². The lowest BCUT2D eigenvalue weighted by Crippen LogP contribution is -2.29. The first-order valence-electron chi connectivity index (χ1n) is 5.87. The zero-order valence-electron chi connectivity index (χ0n) is 10.7. The van der Waals surface area contributed by atoms with Crippen molar-refractivity contribution < 1.29 is 29.0 Å². The highest BCUT2D eigenvalue weighted by molar-refractivity contribution is 5.90. The zero-order chi connectivity index (χ0) is 14.3. The predicted octanol–water partition coefficient (Wildman–Crippen LogP) is -0.335. The van der Waals surface area contributed by atoms with Gasteiger partial charge in [0.2, 0.25) is 5.91 Å². The Hall–Kier alpha value is -1.89. The molecule has 1 rings (SSSR count). The maximum Gasteiger partial charge on any atom is 0.331 e. The van der Waals surface area contributed by atoms with Crippen molar-refractivity contribution in [1.29, 1.82) is 0 Å². The predicted molar refractivity (Wildman–Crippen MR) is 64.3 cm³/mol. The Morgan fingerprint density at radius 3 is 2.84 bits per heavy atom. The summed E-state index contributed by atoms with van der Waals surface area (Å²) in [6.45, 7) is 1.63. The molecule has 1 amide bonds. The summed E-state index contributed by atoms with van der Waals surface area (Å²) in [5.41, 5.74) is 0. The Morgan fingerprint density at radius 1 is 1.47 bits per heavy atom. The Labute approximate surface area is 110 Å². The Kier molecular flexibility index (Phi) is 6.01. The summed E-state index contributed by atoms with van der Waals surface area (Å²) < 4.78 is 9.77. The molecule has 7 heteroatoms. The minimum absolute atomic E-state index is 0.0131. The standard InChI is InChI=1S/C12H17NO6/c1-18-5-4-13-7-9(6-10(13)14)8-19-12(17)3-2-11(15)16/h2-3,9H,4-8H2,1H3,(H,15,16)/b3-2+. The molecule has 0 aromatic rings. The van der Waals surface area contributed by atoms with Crippen LogP contribution in [0, 0.1) is 5.92 Å². The van der Waals surface area contributed by atoms with Gasteiger partial charge in [-0.3, -0.25) is 4.79 Å². The molecule has 0 bridgehead atoms. The third-order valence-corrected chi connectivity index (χ3v) is 2.68. The van der Waals surface area contributed by atoms with Crippen molar-refractivity contribution >= 4 is 17.8 Å². The van der Waals surface area contributed by atoms with Gasteiger partial charge >= 0.3 is 11.9 Å². The van der Waals surface area contributed by atoms with Gasteiger partial charge in [0.05, 0.1) is 13.2 Å². The molecule has 1 N–H and O–H groups in total. The van der Waals surface area contributed by atoms with Gasteiger partial charge in [0, 0.05) is 44.7 Å². The number of carbonyl (C=O) groups excluding carboxylic acids is 2.